The van der Waals surface area contributed by atoms with Gasteiger partial charge in [0.2, 0.25) is 0 Å². The second kappa shape index (κ2) is 7.84. The Kier molecular flexibility index (Phi) is 6.32. The van der Waals surface area contributed by atoms with E-state index in [1.54, 1.807) is 24.3 Å². The summed E-state index contributed by atoms with van der Waals surface area (Å²) >= 11 is 5.87. The highest BCUT2D eigenvalue weighted by molar-refractivity contribution is 6.30. The van der Waals surface area contributed by atoms with Crippen molar-refractivity contribution in [2.45, 2.75) is 13.0 Å². The van der Waals surface area contributed by atoms with Crippen LogP contribution in [0.3, 0.4) is 0 Å². The summed E-state index contributed by atoms with van der Waals surface area (Å²) in [5, 5.41) is 0.631. The van der Waals surface area contributed by atoms with Crippen molar-refractivity contribution in [2.75, 3.05) is 39.8 Å². The van der Waals surface area contributed by atoms with Gasteiger partial charge in [-0.05, 0) is 37.9 Å². The van der Waals surface area contributed by atoms with Gasteiger partial charge in [0, 0.05) is 43.0 Å². The molecule has 0 N–H and O–H groups in total. The van der Waals surface area contributed by atoms with E-state index in [0.29, 0.717) is 22.4 Å². The molecule has 0 radical (unpaired) electrons. The van der Waals surface area contributed by atoms with Gasteiger partial charge in [-0.1, -0.05) is 18.5 Å². The molecule has 4 nitrogen and oxygen atoms in total. The number of esters is 1. The Hall–Kier alpha value is -0.810. The molecule has 2 aliphatic heterocycles. The summed E-state index contributed by atoms with van der Waals surface area (Å²) in [6, 6.07) is 6.92. The van der Waals surface area contributed by atoms with Crippen LogP contribution in [-0.2, 0) is 4.74 Å². The Morgan fingerprint density at radius 1 is 1.17 bits per heavy atom. The standard InChI is InChI=1S/C17H23ClN2O2.ClH/c1-3-20-10-13-8-19(2)9-14(11-20)16(13)22-17(21)12-4-6-15(18)7-5-12;/h4-7,13-14,16H,3,8-11H2,1-2H3;1H/t13-,14+,16?;. The second-order valence-corrected chi connectivity index (χ2v) is 6.91. The summed E-state index contributed by atoms with van der Waals surface area (Å²) in [5.41, 5.74) is 0.578. The Balaban J connectivity index is 0.00000192. The van der Waals surface area contributed by atoms with E-state index in [1.165, 1.54) is 0 Å². The van der Waals surface area contributed by atoms with E-state index >= 15 is 0 Å². The molecule has 2 saturated heterocycles. The van der Waals surface area contributed by atoms with Gasteiger partial charge in [-0.2, -0.15) is 0 Å². The molecular formula is C17H24Cl2N2O2. The van der Waals surface area contributed by atoms with Crippen molar-refractivity contribution in [2.24, 2.45) is 11.8 Å². The zero-order valence-corrected chi connectivity index (χ0v) is 15.1. The number of likely N-dealkylation sites (tertiary alicyclic amines) is 2. The van der Waals surface area contributed by atoms with Crippen LogP contribution in [0.1, 0.15) is 17.3 Å². The van der Waals surface area contributed by atoms with Crippen molar-refractivity contribution in [3.63, 3.8) is 0 Å². The average Bonchev–Trinajstić information content (AvgIpc) is 2.48. The summed E-state index contributed by atoms with van der Waals surface area (Å²) in [6.07, 6.45) is 0.0298. The van der Waals surface area contributed by atoms with E-state index in [1.807, 2.05) is 0 Å². The monoisotopic (exact) mass is 358 g/mol. The van der Waals surface area contributed by atoms with Crippen molar-refractivity contribution in [1.82, 2.24) is 9.80 Å². The van der Waals surface area contributed by atoms with Crippen LogP contribution in [0, 0.1) is 11.8 Å². The molecule has 128 valence electrons. The molecule has 0 saturated carbocycles. The zero-order valence-electron chi connectivity index (χ0n) is 13.6. The summed E-state index contributed by atoms with van der Waals surface area (Å²) in [7, 11) is 2.15. The lowest BCUT2D eigenvalue weighted by Gasteiger charge is -2.49. The van der Waals surface area contributed by atoms with Gasteiger partial charge in [-0.3, -0.25) is 0 Å². The van der Waals surface area contributed by atoms with E-state index in [4.69, 9.17) is 16.3 Å². The number of carbonyl (C=O) groups is 1. The van der Waals surface area contributed by atoms with Gasteiger partial charge < -0.3 is 14.5 Å². The van der Waals surface area contributed by atoms with Crippen LogP contribution in [0.15, 0.2) is 24.3 Å². The molecule has 3 atom stereocenters. The predicted molar refractivity (Wildman–Crippen MR) is 94.5 cm³/mol. The van der Waals surface area contributed by atoms with Crippen LogP contribution in [0.5, 0.6) is 0 Å². The fourth-order valence-electron chi connectivity index (χ4n) is 3.76. The van der Waals surface area contributed by atoms with Crippen molar-refractivity contribution >= 4 is 30.0 Å². The Morgan fingerprint density at radius 3 is 2.26 bits per heavy atom. The van der Waals surface area contributed by atoms with Gasteiger partial charge in [0.05, 0.1) is 5.56 Å². The molecule has 6 heteroatoms. The number of carbonyl (C=O) groups excluding carboxylic acids is 1. The Labute approximate surface area is 149 Å². The minimum absolute atomic E-state index is 0. The molecule has 1 aromatic rings. The largest absolute Gasteiger partial charge is 0.458 e. The molecule has 0 spiro atoms. The van der Waals surface area contributed by atoms with Crippen LogP contribution in [-0.4, -0.2) is 61.6 Å². The smallest absolute Gasteiger partial charge is 0.338 e. The van der Waals surface area contributed by atoms with E-state index < -0.39 is 0 Å². The zero-order chi connectivity index (χ0) is 15.7. The van der Waals surface area contributed by atoms with Gasteiger partial charge in [0.25, 0.3) is 0 Å². The quantitative estimate of drug-likeness (QED) is 0.777. The van der Waals surface area contributed by atoms with Crippen LogP contribution < -0.4 is 0 Å². The summed E-state index contributed by atoms with van der Waals surface area (Å²) < 4.78 is 5.89. The molecule has 0 aliphatic carbocycles. The van der Waals surface area contributed by atoms with E-state index in [2.05, 4.69) is 23.8 Å². The van der Waals surface area contributed by atoms with Gasteiger partial charge in [0.1, 0.15) is 6.10 Å². The van der Waals surface area contributed by atoms with E-state index in [-0.39, 0.29) is 24.5 Å². The van der Waals surface area contributed by atoms with Crippen molar-refractivity contribution in [3.8, 4) is 0 Å². The van der Waals surface area contributed by atoms with Crippen molar-refractivity contribution < 1.29 is 9.53 Å². The maximum Gasteiger partial charge on any atom is 0.338 e. The van der Waals surface area contributed by atoms with Gasteiger partial charge >= 0.3 is 5.97 Å². The number of hydrogen-bond donors (Lipinski definition) is 0. The highest BCUT2D eigenvalue weighted by Gasteiger charge is 2.43. The molecule has 1 aromatic carbocycles. The topological polar surface area (TPSA) is 32.8 Å². The number of nitrogens with zero attached hydrogens (tertiary/aromatic N) is 2. The molecule has 2 heterocycles. The molecular weight excluding hydrogens is 335 g/mol. The first-order chi connectivity index (χ1) is 10.6. The minimum atomic E-state index is -0.230. The summed E-state index contributed by atoms with van der Waals surface area (Å²) in [4.78, 5) is 17.2. The maximum absolute atomic E-state index is 12.4. The molecule has 0 amide bonds. The second-order valence-electron chi connectivity index (χ2n) is 6.47. The lowest BCUT2D eigenvalue weighted by atomic mass is 9.81. The number of benzene rings is 1. The number of rotatable bonds is 3. The number of ether oxygens (including phenoxy) is 1. The average molecular weight is 359 g/mol. The fourth-order valence-corrected chi connectivity index (χ4v) is 3.88. The predicted octanol–water partition coefficient (Wildman–Crippen LogP) is 2.80. The number of hydrogen-bond acceptors (Lipinski definition) is 4. The summed E-state index contributed by atoms with van der Waals surface area (Å²) in [5.74, 6) is 0.563. The van der Waals surface area contributed by atoms with Crippen LogP contribution in [0.2, 0.25) is 5.02 Å². The molecule has 1 unspecified atom stereocenters. The van der Waals surface area contributed by atoms with Crippen molar-refractivity contribution in [3.05, 3.63) is 34.9 Å². The van der Waals surface area contributed by atoms with E-state index in [9.17, 15) is 4.79 Å². The fraction of sp³-hybridized carbons (Fsp3) is 0.588. The van der Waals surface area contributed by atoms with Crippen LogP contribution in [0.4, 0.5) is 0 Å². The molecule has 0 aromatic heterocycles. The first kappa shape index (κ1) is 18.5. The lowest BCUT2D eigenvalue weighted by Crippen LogP contribution is -2.60. The first-order valence-corrected chi connectivity index (χ1v) is 8.32. The third-order valence-electron chi connectivity index (χ3n) is 4.78. The number of piperidine rings is 2. The highest BCUT2D eigenvalue weighted by Crippen LogP contribution is 2.31. The summed E-state index contributed by atoms with van der Waals surface area (Å²) in [6.45, 7) is 7.26. The first-order valence-electron chi connectivity index (χ1n) is 7.94. The lowest BCUT2D eigenvalue weighted by molar-refractivity contribution is -0.0831. The third kappa shape index (κ3) is 4.18. The number of halogens is 2. The normalized spacial score (nSPS) is 28.0. The molecule has 2 bridgehead atoms. The molecule has 3 rings (SSSR count). The number of fused-ring (bicyclic) bond motifs is 2. The van der Waals surface area contributed by atoms with E-state index in [0.717, 1.165) is 32.7 Å². The van der Waals surface area contributed by atoms with Gasteiger partial charge in [-0.15, -0.1) is 12.4 Å². The Morgan fingerprint density at radius 2 is 1.74 bits per heavy atom. The van der Waals surface area contributed by atoms with Gasteiger partial charge in [-0.25, -0.2) is 4.79 Å². The molecule has 2 fully saturated rings. The Bertz CT molecular complexity index is 522. The van der Waals surface area contributed by atoms with Crippen LogP contribution in [0.25, 0.3) is 0 Å². The van der Waals surface area contributed by atoms with Gasteiger partial charge in [0.15, 0.2) is 0 Å². The third-order valence-corrected chi connectivity index (χ3v) is 5.03. The molecule has 2 aliphatic rings. The van der Waals surface area contributed by atoms with Crippen molar-refractivity contribution in [1.29, 1.82) is 0 Å². The maximum atomic E-state index is 12.4. The SMILES string of the molecule is CCN1C[C@H]2CN(C)C[C@@H](C1)C2OC(=O)c1ccc(Cl)cc1.Cl. The highest BCUT2D eigenvalue weighted by atomic mass is 35.5. The minimum Gasteiger partial charge on any atom is -0.458 e. The van der Waals surface area contributed by atoms with Crippen LogP contribution >= 0.6 is 24.0 Å². The molecule has 23 heavy (non-hydrogen) atoms.